The van der Waals surface area contributed by atoms with Gasteiger partial charge in [0.05, 0.1) is 10.2 Å². The lowest BCUT2D eigenvalue weighted by molar-refractivity contribution is 0.0986. The largest absolute Gasteiger partial charge is 0.309 e. The van der Waals surface area contributed by atoms with Crippen molar-refractivity contribution in [2.75, 3.05) is 32.1 Å². The summed E-state index contributed by atoms with van der Waals surface area (Å²) in [6, 6.07) is 15.0. The maximum absolute atomic E-state index is 13.1. The fraction of sp³-hybridized carbons (Fsp3) is 0.263. The molecule has 3 rings (SSSR count). The molecule has 0 spiro atoms. The first kappa shape index (κ1) is 17.9. The minimum atomic E-state index is -0.0692. The molecule has 0 N–H and O–H groups in total. The van der Waals surface area contributed by atoms with Crippen LogP contribution in [-0.4, -0.2) is 43.0 Å². The highest BCUT2D eigenvalue weighted by atomic mass is 35.5. The van der Waals surface area contributed by atoms with E-state index in [1.807, 2.05) is 38.4 Å². The van der Waals surface area contributed by atoms with Crippen LogP contribution in [-0.2, 0) is 0 Å². The summed E-state index contributed by atoms with van der Waals surface area (Å²) in [6.07, 6.45) is 0.870. The van der Waals surface area contributed by atoms with E-state index in [1.54, 1.807) is 29.2 Å². The van der Waals surface area contributed by atoms with Gasteiger partial charge in [0.1, 0.15) is 0 Å². The van der Waals surface area contributed by atoms with Gasteiger partial charge < -0.3 is 4.90 Å². The first-order chi connectivity index (χ1) is 12.0. The zero-order valence-electron chi connectivity index (χ0n) is 14.3. The average Bonchev–Trinajstić information content (AvgIpc) is 3.01. The van der Waals surface area contributed by atoms with Crippen LogP contribution in [0.5, 0.6) is 0 Å². The van der Waals surface area contributed by atoms with E-state index in [0.717, 1.165) is 28.3 Å². The highest BCUT2D eigenvalue weighted by Gasteiger charge is 2.21. The van der Waals surface area contributed by atoms with Crippen molar-refractivity contribution in [1.29, 1.82) is 0 Å². The van der Waals surface area contributed by atoms with Crippen LogP contribution in [0, 0.1) is 0 Å². The molecule has 25 heavy (non-hydrogen) atoms. The Bertz CT molecular complexity index is 845. The zero-order chi connectivity index (χ0) is 17.8. The maximum Gasteiger partial charge on any atom is 0.260 e. The fourth-order valence-electron chi connectivity index (χ4n) is 2.58. The molecule has 1 amide bonds. The van der Waals surface area contributed by atoms with Gasteiger partial charge in [-0.1, -0.05) is 41.1 Å². The molecule has 0 fully saturated rings. The standard InChI is InChI=1S/C19H20ClN3OS/c1-22(2)11-6-12-23(18(24)14-7-5-8-15(20)13-14)19-21-16-9-3-4-10-17(16)25-19/h3-5,7-10,13H,6,11-12H2,1-2H3. The van der Waals surface area contributed by atoms with Crippen LogP contribution in [0.2, 0.25) is 5.02 Å². The Balaban J connectivity index is 1.92. The second-order valence-corrected chi connectivity index (χ2v) is 7.53. The number of fused-ring (bicyclic) bond motifs is 1. The summed E-state index contributed by atoms with van der Waals surface area (Å²) < 4.78 is 1.08. The number of amides is 1. The molecule has 0 radical (unpaired) electrons. The van der Waals surface area contributed by atoms with Crippen molar-refractivity contribution in [3.63, 3.8) is 0 Å². The van der Waals surface area contributed by atoms with Crippen LogP contribution in [0.25, 0.3) is 10.2 Å². The third-order valence-electron chi connectivity index (χ3n) is 3.82. The predicted molar refractivity (Wildman–Crippen MR) is 106 cm³/mol. The van der Waals surface area contributed by atoms with Gasteiger partial charge in [-0.3, -0.25) is 9.69 Å². The Hall–Kier alpha value is -1.95. The summed E-state index contributed by atoms with van der Waals surface area (Å²) in [4.78, 5) is 21.6. The smallest absolute Gasteiger partial charge is 0.260 e. The lowest BCUT2D eigenvalue weighted by Crippen LogP contribution is -2.33. The zero-order valence-corrected chi connectivity index (χ0v) is 15.8. The Kier molecular flexibility index (Phi) is 5.68. The molecule has 2 aromatic carbocycles. The number of hydrogen-bond acceptors (Lipinski definition) is 4. The maximum atomic E-state index is 13.1. The number of halogens is 1. The summed E-state index contributed by atoms with van der Waals surface area (Å²) in [5.74, 6) is -0.0692. The van der Waals surface area contributed by atoms with Crippen molar-refractivity contribution < 1.29 is 4.79 Å². The van der Waals surface area contributed by atoms with Crippen LogP contribution in [0.1, 0.15) is 16.8 Å². The van der Waals surface area contributed by atoms with Crippen molar-refractivity contribution in [2.24, 2.45) is 0 Å². The van der Waals surface area contributed by atoms with Crippen LogP contribution >= 0.6 is 22.9 Å². The van der Waals surface area contributed by atoms with Gasteiger partial charge in [-0.25, -0.2) is 4.98 Å². The minimum Gasteiger partial charge on any atom is -0.309 e. The third-order valence-corrected chi connectivity index (χ3v) is 5.11. The number of carbonyl (C=O) groups excluding carboxylic acids is 1. The monoisotopic (exact) mass is 373 g/mol. The first-order valence-electron chi connectivity index (χ1n) is 8.12. The molecule has 0 aliphatic rings. The molecule has 0 saturated heterocycles. The third kappa shape index (κ3) is 4.37. The molecule has 0 atom stereocenters. The number of thiazole rings is 1. The Morgan fingerprint density at radius 1 is 1.12 bits per heavy atom. The Morgan fingerprint density at radius 2 is 1.92 bits per heavy atom. The molecule has 3 aromatic rings. The van der Waals surface area contributed by atoms with E-state index in [9.17, 15) is 4.79 Å². The first-order valence-corrected chi connectivity index (χ1v) is 9.32. The number of anilines is 1. The van der Waals surface area contributed by atoms with Crippen LogP contribution in [0.15, 0.2) is 48.5 Å². The predicted octanol–water partition coefficient (Wildman–Crippen LogP) is 4.55. The number of hydrogen-bond donors (Lipinski definition) is 0. The van der Waals surface area contributed by atoms with Crippen LogP contribution < -0.4 is 4.90 Å². The van der Waals surface area contributed by atoms with E-state index in [0.29, 0.717) is 17.1 Å². The van der Waals surface area contributed by atoms with Gasteiger partial charge in [-0.2, -0.15) is 0 Å². The van der Waals surface area contributed by atoms with Gasteiger partial charge >= 0.3 is 0 Å². The number of para-hydroxylation sites is 1. The number of carbonyl (C=O) groups is 1. The van der Waals surface area contributed by atoms with E-state index in [4.69, 9.17) is 11.6 Å². The molecule has 0 aliphatic carbocycles. The normalized spacial score (nSPS) is 11.2. The molecule has 130 valence electrons. The van der Waals surface area contributed by atoms with E-state index in [2.05, 4.69) is 9.88 Å². The lowest BCUT2D eigenvalue weighted by Gasteiger charge is -2.21. The quantitative estimate of drug-likeness (QED) is 0.636. The Labute approximate surface area is 156 Å². The SMILES string of the molecule is CN(C)CCCN(C(=O)c1cccc(Cl)c1)c1nc2ccccc2s1. The number of benzene rings is 2. The summed E-state index contributed by atoms with van der Waals surface area (Å²) in [6.45, 7) is 1.52. The summed E-state index contributed by atoms with van der Waals surface area (Å²) in [5, 5.41) is 1.29. The van der Waals surface area contributed by atoms with Crippen molar-refractivity contribution in [2.45, 2.75) is 6.42 Å². The van der Waals surface area contributed by atoms with E-state index >= 15 is 0 Å². The fourth-order valence-corrected chi connectivity index (χ4v) is 3.76. The van der Waals surface area contributed by atoms with Gasteiger partial charge in [0.2, 0.25) is 0 Å². The summed E-state index contributed by atoms with van der Waals surface area (Å²) in [5.41, 5.74) is 1.50. The van der Waals surface area contributed by atoms with Crippen LogP contribution in [0.4, 0.5) is 5.13 Å². The minimum absolute atomic E-state index is 0.0692. The molecule has 0 aliphatic heterocycles. The van der Waals surface area contributed by atoms with Crippen molar-refractivity contribution in [3.8, 4) is 0 Å². The molecule has 1 aromatic heterocycles. The molecular weight excluding hydrogens is 354 g/mol. The van der Waals surface area contributed by atoms with Gasteiger partial charge in [0.25, 0.3) is 5.91 Å². The number of aromatic nitrogens is 1. The Morgan fingerprint density at radius 3 is 2.64 bits per heavy atom. The number of rotatable bonds is 6. The molecule has 4 nitrogen and oxygen atoms in total. The molecule has 1 heterocycles. The molecule has 0 saturated carbocycles. The van der Waals surface area contributed by atoms with Crippen molar-refractivity contribution in [3.05, 3.63) is 59.1 Å². The van der Waals surface area contributed by atoms with Crippen molar-refractivity contribution >= 4 is 44.2 Å². The van der Waals surface area contributed by atoms with E-state index in [-0.39, 0.29) is 5.91 Å². The second-order valence-electron chi connectivity index (χ2n) is 6.09. The number of nitrogens with zero attached hydrogens (tertiary/aromatic N) is 3. The van der Waals surface area contributed by atoms with Crippen molar-refractivity contribution in [1.82, 2.24) is 9.88 Å². The molecule has 0 unspecified atom stereocenters. The van der Waals surface area contributed by atoms with Gasteiger partial charge in [-0.05, 0) is 57.4 Å². The molecular formula is C19H20ClN3OS. The van der Waals surface area contributed by atoms with Gasteiger partial charge in [0, 0.05) is 17.1 Å². The van der Waals surface area contributed by atoms with Crippen LogP contribution in [0.3, 0.4) is 0 Å². The van der Waals surface area contributed by atoms with E-state index in [1.165, 1.54) is 11.3 Å². The van der Waals surface area contributed by atoms with E-state index < -0.39 is 0 Å². The summed E-state index contributed by atoms with van der Waals surface area (Å²) in [7, 11) is 4.06. The second kappa shape index (κ2) is 7.95. The van der Waals surface area contributed by atoms with Gasteiger partial charge in [-0.15, -0.1) is 0 Å². The lowest BCUT2D eigenvalue weighted by atomic mass is 10.2. The average molecular weight is 374 g/mol. The molecule has 0 bridgehead atoms. The highest BCUT2D eigenvalue weighted by Crippen LogP contribution is 2.30. The highest BCUT2D eigenvalue weighted by molar-refractivity contribution is 7.22. The summed E-state index contributed by atoms with van der Waals surface area (Å²) >= 11 is 7.60. The topological polar surface area (TPSA) is 36.4 Å². The molecule has 6 heteroatoms. The van der Waals surface area contributed by atoms with Gasteiger partial charge in [0.15, 0.2) is 5.13 Å².